The lowest BCUT2D eigenvalue weighted by Crippen LogP contribution is -2.36. The van der Waals surface area contributed by atoms with Crippen molar-refractivity contribution < 1.29 is 4.79 Å². The number of benzene rings is 1. The van der Waals surface area contributed by atoms with Crippen LogP contribution in [0.3, 0.4) is 0 Å². The maximum Gasteiger partial charge on any atom is 0.238 e. The summed E-state index contributed by atoms with van der Waals surface area (Å²) in [5, 5.41) is 2.87. The highest BCUT2D eigenvalue weighted by molar-refractivity contribution is 5.92. The van der Waals surface area contributed by atoms with Crippen LogP contribution >= 0.6 is 0 Å². The molecule has 4 nitrogen and oxygen atoms in total. The Balaban J connectivity index is 2.46. The number of nitrogens with two attached hydrogens (primary N) is 1. The van der Waals surface area contributed by atoms with Gasteiger partial charge >= 0.3 is 0 Å². The van der Waals surface area contributed by atoms with E-state index in [0.29, 0.717) is 13.1 Å². The van der Waals surface area contributed by atoms with E-state index in [9.17, 15) is 4.79 Å². The molecule has 3 N–H and O–H groups in total. The zero-order valence-electron chi connectivity index (χ0n) is 10.6. The Bertz CT molecular complexity index is 348. The molecule has 0 unspecified atom stereocenters. The van der Waals surface area contributed by atoms with E-state index in [1.807, 2.05) is 43.0 Å². The molecule has 0 heterocycles. The lowest BCUT2D eigenvalue weighted by molar-refractivity contribution is -0.117. The minimum absolute atomic E-state index is 0.00385. The third kappa shape index (κ3) is 4.97. The van der Waals surface area contributed by atoms with Gasteiger partial charge in [0.25, 0.3) is 0 Å². The van der Waals surface area contributed by atoms with E-state index in [-0.39, 0.29) is 5.91 Å². The summed E-state index contributed by atoms with van der Waals surface area (Å²) in [6.45, 7) is 6.59. The maximum atomic E-state index is 11.7. The molecule has 1 amide bonds. The number of likely N-dealkylation sites (N-methyl/N-ethyl adjacent to an activating group) is 1. The molecule has 94 valence electrons. The van der Waals surface area contributed by atoms with Crippen molar-refractivity contribution in [1.29, 1.82) is 0 Å². The number of amides is 1. The highest BCUT2D eigenvalue weighted by atomic mass is 16.2. The Morgan fingerprint density at radius 1 is 1.35 bits per heavy atom. The van der Waals surface area contributed by atoms with Crippen molar-refractivity contribution in [2.75, 3.05) is 31.5 Å². The molecule has 0 fully saturated rings. The molecule has 0 aromatic heterocycles. The average molecular weight is 235 g/mol. The fourth-order valence-electron chi connectivity index (χ4n) is 1.57. The average Bonchev–Trinajstić information content (AvgIpc) is 2.31. The van der Waals surface area contributed by atoms with Crippen LogP contribution in [0.2, 0.25) is 0 Å². The lowest BCUT2D eigenvalue weighted by atomic mass is 10.2. The summed E-state index contributed by atoms with van der Waals surface area (Å²) in [5.74, 6) is 0.00385. The van der Waals surface area contributed by atoms with Crippen molar-refractivity contribution in [3.05, 3.63) is 29.8 Å². The molecule has 0 aliphatic carbocycles. The van der Waals surface area contributed by atoms with Crippen LogP contribution in [0, 0.1) is 6.92 Å². The van der Waals surface area contributed by atoms with E-state index in [2.05, 4.69) is 5.32 Å². The molecule has 1 aromatic carbocycles. The first kappa shape index (κ1) is 13.7. The second kappa shape index (κ2) is 7.04. The lowest BCUT2D eigenvalue weighted by Gasteiger charge is -2.18. The van der Waals surface area contributed by atoms with Crippen LogP contribution in [0.25, 0.3) is 0 Å². The number of nitrogens with one attached hydrogen (secondary N) is 1. The van der Waals surface area contributed by atoms with E-state index in [4.69, 9.17) is 5.73 Å². The smallest absolute Gasteiger partial charge is 0.238 e. The van der Waals surface area contributed by atoms with E-state index in [1.54, 1.807) is 0 Å². The monoisotopic (exact) mass is 235 g/mol. The van der Waals surface area contributed by atoms with E-state index in [1.165, 1.54) is 5.56 Å². The van der Waals surface area contributed by atoms with Gasteiger partial charge in [0, 0.05) is 18.8 Å². The molecular weight excluding hydrogens is 214 g/mol. The largest absolute Gasteiger partial charge is 0.329 e. The van der Waals surface area contributed by atoms with Crippen molar-refractivity contribution in [2.24, 2.45) is 5.73 Å². The molecule has 0 saturated heterocycles. The van der Waals surface area contributed by atoms with Crippen LogP contribution in [0.4, 0.5) is 5.69 Å². The normalized spacial score (nSPS) is 10.6. The third-order valence-electron chi connectivity index (χ3n) is 2.60. The minimum atomic E-state index is 0.00385. The molecule has 1 aromatic rings. The van der Waals surface area contributed by atoms with Crippen LogP contribution < -0.4 is 11.1 Å². The Kier molecular flexibility index (Phi) is 5.66. The number of anilines is 1. The van der Waals surface area contributed by atoms with Crippen LogP contribution in [0.5, 0.6) is 0 Å². The first-order valence-corrected chi connectivity index (χ1v) is 5.94. The van der Waals surface area contributed by atoms with Crippen molar-refractivity contribution >= 4 is 11.6 Å². The van der Waals surface area contributed by atoms with Gasteiger partial charge < -0.3 is 11.1 Å². The first-order valence-electron chi connectivity index (χ1n) is 5.94. The minimum Gasteiger partial charge on any atom is -0.329 e. The number of nitrogens with zero attached hydrogens (tertiary/aromatic N) is 1. The van der Waals surface area contributed by atoms with Crippen molar-refractivity contribution in [2.45, 2.75) is 13.8 Å². The van der Waals surface area contributed by atoms with Gasteiger partial charge in [0.1, 0.15) is 0 Å². The summed E-state index contributed by atoms with van der Waals surface area (Å²) in [4.78, 5) is 13.8. The van der Waals surface area contributed by atoms with Gasteiger partial charge in [-0.1, -0.05) is 24.6 Å². The molecule has 0 radical (unpaired) electrons. The third-order valence-corrected chi connectivity index (χ3v) is 2.60. The van der Waals surface area contributed by atoms with Crippen molar-refractivity contribution in [1.82, 2.24) is 4.90 Å². The van der Waals surface area contributed by atoms with Crippen molar-refractivity contribution in [3.63, 3.8) is 0 Å². The Morgan fingerprint density at radius 2 is 2.00 bits per heavy atom. The molecule has 0 atom stereocenters. The summed E-state index contributed by atoms with van der Waals surface area (Å²) in [6, 6.07) is 7.78. The molecule has 0 aliphatic rings. The molecule has 0 saturated carbocycles. The fraction of sp³-hybridized carbons (Fsp3) is 0.462. The Morgan fingerprint density at radius 3 is 2.53 bits per heavy atom. The van der Waals surface area contributed by atoms with E-state index >= 15 is 0 Å². The summed E-state index contributed by atoms with van der Waals surface area (Å²) < 4.78 is 0. The highest BCUT2D eigenvalue weighted by Gasteiger charge is 2.08. The highest BCUT2D eigenvalue weighted by Crippen LogP contribution is 2.08. The summed E-state index contributed by atoms with van der Waals surface area (Å²) in [5.41, 5.74) is 7.50. The quantitative estimate of drug-likeness (QED) is 0.779. The molecular formula is C13H21N3O. The summed E-state index contributed by atoms with van der Waals surface area (Å²) in [7, 11) is 0. The number of aryl methyl sites for hydroxylation is 1. The standard InChI is InChI=1S/C13H21N3O/c1-3-16(9-8-14)10-13(17)15-12-6-4-11(2)5-7-12/h4-7H,3,8-10,14H2,1-2H3,(H,15,17). The first-order chi connectivity index (χ1) is 8.15. The fourth-order valence-corrected chi connectivity index (χ4v) is 1.57. The van der Waals surface area contributed by atoms with Gasteiger partial charge in [0.2, 0.25) is 5.91 Å². The van der Waals surface area contributed by atoms with Crippen LogP contribution in [-0.4, -0.2) is 37.0 Å². The van der Waals surface area contributed by atoms with E-state index < -0.39 is 0 Å². The number of hydrogen-bond acceptors (Lipinski definition) is 3. The second-order valence-electron chi connectivity index (χ2n) is 4.07. The molecule has 4 heteroatoms. The second-order valence-corrected chi connectivity index (χ2v) is 4.07. The molecule has 1 rings (SSSR count). The predicted molar refractivity (Wildman–Crippen MR) is 71.0 cm³/mol. The van der Waals surface area contributed by atoms with Gasteiger partial charge in [0.05, 0.1) is 6.54 Å². The summed E-state index contributed by atoms with van der Waals surface area (Å²) in [6.07, 6.45) is 0. The topological polar surface area (TPSA) is 58.4 Å². The van der Waals surface area contributed by atoms with E-state index in [0.717, 1.165) is 18.8 Å². The SMILES string of the molecule is CCN(CCN)CC(=O)Nc1ccc(C)cc1. The molecule has 17 heavy (non-hydrogen) atoms. The van der Waals surface area contributed by atoms with Gasteiger partial charge in [-0.2, -0.15) is 0 Å². The summed E-state index contributed by atoms with van der Waals surface area (Å²) >= 11 is 0. The zero-order valence-corrected chi connectivity index (χ0v) is 10.6. The van der Waals surface area contributed by atoms with Gasteiger partial charge in [-0.25, -0.2) is 0 Å². The van der Waals surface area contributed by atoms with Crippen LogP contribution in [0.1, 0.15) is 12.5 Å². The van der Waals surface area contributed by atoms with Crippen molar-refractivity contribution in [3.8, 4) is 0 Å². The number of hydrogen-bond donors (Lipinski definition) is 2. The number of rotatable bonds is 6. The van der Waals surface area contributed by atoms with Gasteiger partial charge in [0.15, 0.2) is 0 Å². The molecule has 0 spiro atoms. The van der Waals surface area contributed by atoms with Crippen LogP contribution in [-0.2, 0) is 4.79 Å². The predicted octanol–water partition coefficient (Wildman–Crippen LogP) is 1.21. The Labute approximate surface area is 103 Å². The van der Waals surface area contributed by atoms with Gasteiger partial charge in [-0.15, -0.1) is 0 Å². The number of carbonyl (C=O) groups is 1. The van der Waals surface area contributed by atoms with Gasteiger partial charge in [-0.05, 0) is 25.6 Å². The maximum absolute atomic E-state index is 11.7. The molecule has 0 aliphatic heterocycles. The Hall–Kier alpha value is -1.39. The molecule has 0 bridgehead atoms. The number of carbonyl (C=O) groups excluding carboxylic acids is 1. The van der Waals surface area contributed by atoms with Crippen LogP contribution in [0.15, 0.2) is 24.3 Å². The zero-order chi connectivity index (χ0) is 12.7. The van der Waals surface area contributed by atoms with Gasteiger partial charge in [-0.3, -0.25) is 9.69 Å².